The number of benzene rings is 1. The Morgan fingerprint density at radius 3 is 2.53 bits per heavy atom. The van der Waals surface area contributed by atoms with Gasteiger partial charge in [-0.1, -0.05) is 24.8 Å². The van der Waals surface area contributed by atoms with Crippen LogP contribution in [0.4, 0.5) is 0 Å². The van der Waals surface area contributed by atoms with Crippen LogP contribution in [0.5, 0.6) is 5.75 Å². The van der Waals surface area contributed by atoms with Gasteiger partial charge in [0.1, 0.15) is 5.75 Å². The van der Waals surface area contributed by atoms with E-state index in [-0.39, 0.29) is 22.5 Å². The van der Waals surface area contributed by atoms with Crippen LogP contribution >= 0.6 is 0 Å². The second kappa shape index (κ2) is 12.2. The van der Waals surface area contributed by atoms with Gasteiger partial charge in [-0.2, -0.15) is 0 Å². The van der Waals surface area contributed by atoms with Gasteiger partial charge in [0.05, 0.1) is 28.9 Å². The van der Waals surface area contributed by atoms with E-state index in [0.717, 1.165) is 12.0 Å². The molecule has 0 aliphatic rings. The van der Waals surface area contributed by atoms with E-state index in [9.17, 15) is 13.2 Å². The maximum absolute atomic E-state index is 13.1. The number of nitrogens with zero attached hydrogens (tertiary/aromatic N) is 1. The van der Waals surface area contributed by atoms with E-state index in [4.69, 9.17) is 9.47 Å². The summed E-state index contributed by atoms with van der Waals surface area (Å²) in [6.45, 7) is 12.5. The number of hydrogen-bond donors (Lipinski definition) is 0. The third-order valence-electron chi connectivity index (χ3n) is 4.12. The van der Waals surface area contributed by atoms with Crippen LogP contribution in [-0.2, 0) is 14.6 Å². The zero-order valence-electron chi connectivity index (χ0n) is 18.6. The fourth-order valence-electron chi connectivity index (χ4n) is 2.64. The van der Waals surface area contributed by atoms with E-state index in [2.05, 4.69) is 6.58 Å². The lowest BCUT2D eigenvalue weighted by molar-refractivity contribution is 0.0743. The van der Waals surface area contributed by atoms with Gasteiger partial charge in [0.2, 0.25) is 0 Å². The van der Waals surface area contributed by atoms with Crippen molar-refractivity contribution in [3.05, 3.63) is 60.4 Å². The van der Waals surface area contributed by atoms with Crippen LogP contribution in [0.25, 0.3) is 0 Å². The molecule has 0 saturated heterocycles. The first-order chi connectivity index (χ1) is 14.1. The number of hydrogen-bond acceptors (Lipinski definition) is 5. The molecule has 0 spiro atoms. The highest BCUT2D eigenvalue weighted by molar-refractivity contribution is 7.90. The molecule has 7 heteroatoms. The second-order valence-corrected chi connectivity index (χ2v) is 9.10. The van der Waals surface area contributed by atoms with Crippen molar-refractivity contribution in [2.45, 2.75) is 45.1 Å². The van der Waals surface area contributed by atoms with Crippen molar-refractivity contribution in [2.24, 2.45) is 0 Å². The molecule has 0 N–H and O–H groups in total. The van der Waals surface area contributed by atoms with Crippen molar-refractivity contribution in [3.63, 3.8) is 0 Å². The highest BCUT2D eigenvalue weighted by Gasteiger charge is 2.22. The van der Waals surface area contributed by atoms with Gasteiger partial charge in [-0.15, -0.1) is 0 Å². The van der Waals surface area contributed by atoms with E-state index < -0.39 is 9.84 Å². The van der Waals surface area contributed by atoms with Crippen LogP contribution in [0.15, 0.2) is 59.7 Å². The van der Waals surface area contributed by atoms with Crippen LogP contribution in [0, 0.1) is 0 Å². The maximum Gasteiger partial charge on any atom is 0.257 e. The molecule has 0 fully saturated rings. The Morgan fingerprint density at radius 2 is 1.97 bits per heavy atom. The molecule has 0 aromatic heterocycles. The van der Waals surface area contributed by atoms with Crippen molar-refractivity contribution < 1.29 is 22.7 Å². The van der Waals surface area contributed by atoms with Crippen LogP contribution in [0.1, 0.15) is 44.5 Å². The third-order valence-corrected chi connectivity index (χ3v) is 5.23. The van der Waals surface area contributed by atoms with Crippen molar-refractivity contribution in [2.75, 3.05) is 26.0 Å². The maximum atomic E-state index is 13.1. The molecule has 1 aromatic carbocycles. The molecule has 0 atom stereocenters. The molecule has 1 rings (SSSR count). The molecule has 0 saturated carbocycles. The first kappa shape index (κ1) is 25.5. The van der Waals surface area contributed by atoms with Crippen molar-refractivity contribution in [3.8, 4) is 5.75 Å². The summed E-state index contributed by atoms with van der Waals surface area (Å²) in [5.41, 5.74) is 0.250. The summed E-state index contributed by atoms with van der Waals surface area (Å²) in [4.78, 5) is 14.9. The number of sulfone groups is 1. The number of carbonyl (C=O) groups is 1. The van der Waals surface area contributed by atoms with Gasteiger partial charge in [0.15, 0.2) is 9.84 Å². The lowest BCUT2D eigenvalue weighted by atomic mass is 10.1. The van der Waals surface area contributed by atoms with E-state index in [1.807, 2.05) is 45.9 Å². The molecule has 1 amide bonds. The van der Waals surface area contributed by atoms with Gasteiger partial charge >= 0.3 is 0 Å². The lowest BCUT2D eigenvalue weighted by Gasteiger charge is -2.23. The molecule has 0 aliphatic heterocycles. The van der Waals surface area contributed by atoms with Gasteiger partial charge in [0.25, 0.3) is 5.91 Å². The monoisotopic (exact) mass is 435 g/mol. The summed E-state index contributed by atoms with van der Waals surface area (Å²) >= 11 is 0. The molecule has 0 unspecified atom stereocenters. The summed E-state index contributed by atoms with van der Waals surface area (Å²) in [7, 11) is -3.44. The summed E-state index contributed by atoms with van der Waals surface area (Å²) in [6.07, 6.45) is 8.80. The topological polar surface area (TPSA) is 72.9 Å². The predicted octanol–water partition coefficient (Wildman–Crippen LogP) is 4.39. The number of carbonyl (C=O) groups excluding carboxylic acids is 1. The minimum atomic E-state index is -3.44. The van der Waals surface area contributed by atoms with E-state index in [0.29, 0.717) is 31.9 Å². The first-order valence-electron chi connectivity index (χ1n) is 9.99. The van der Waals surface area contributed by atoms with Crippen LogP contribution in [-0.4, -0.2) is 51.3 Å². The molecular formula is C23H33NO5S. The Kier molecular flexibility index (Phi) is 10.4. The van der Waals surface area contributed by atoms with Crippen molar-refractivity contribution in [1.29, 1.82) is 0 Å². The zero-order valence-corrected chi connectivity index (χ0v) is 19.4. The zero-order chi connectivity index (χ0) is 22.7. The number of rotatable bonds is 12. The Balaban J connectivity index is 2.92. The van der Waals surface area contributed by atoms with E-state index >= 15 is 0 Å². The third kappa shape index (κ3) is 8.45. The number of ether oxygens (including phenoxy) is 2. The Morgan fingerprint density at radius 1 is 1.27 bits per heavy atom. The van der Waals surface area contributed by atoms with Gasteiger partial charge in [-0.3, -0.25) is 4.79 Å². The van der Waals surface area contributed by atoms with E-state index in [1.54, 1.807) is 17.0 Å². The summed E-state index contributed by atoms with van der Waals surface area (Å²) in [5, 5.41) is 0. The molecule has 6 nitrogen and oxygen atoms in total. The van der Waals surface area contributed by atoms with Gasteiger partial charge in [0, 0.05) is 19.3 Å². The van der Waals surface area contributed by atoms with Crippen LogP contribution < -0.4 is 4.74 Å². The molecule has 0 heterocycles. The molecular weight excluding hydrogens is 402 g/mol. The van der Waals surface area contributed by atoms with Crippen LogP contribution in [0.2, 0.25) is 0 Å². The predicted molar refractivity (Wildman–Crippen MR) is 121 cm³/mol. The highest BCUT2D eigenvalue weighted by atomic mass is 32.2. The van der Waals surface area contributed by atoms with Crippen molar-refractivity contribution in [1.82, 2.24) is 4.90 Å². The largest absolute Gasteiger partial charge is 0.498 e. The molecule has 0 bridgehead atoms. The molecule has 30 heavy (non-hydrogen) atoms. The van der Waals surface area contributed by atoms with Gasteiger partial charge < -0.3 is 14.4 Å². The fraction of sp³-hybridized carbons (Fsp3) is 0.435. The molecule has 1 aromatic rings. The molecule has 0 aliphatic carbocycles. The highest BCUT2D eigenvalue weighted by Crippen LogP contribution is 2.25. The lowest BCUT2D eigenvalue weighted by Crippen LogP contribution is -2.33. The Bertz CT molecular complexity index is 885. The van der Waals surface area contributed by atoms with Gasteiger partial charge in [-0.05, 0) is 58.4 Å². The smallest absolute Gasteiger partial charge is 0.257 e. The average molecular weight is 436 g/mol. The average Bonchev–Trinajstić information content (AvgIpc) is 2.67. The minimum Gasteiger partial charge on any atom is -0.498 e. The van der Waals surface area contributed by atoms with Crippen LogP contribution in [0.3, 0.4) is 0 Å². The summed E-state index contributed by atoms with van der Waals surface area (Å²) < 4.78 is 35.3. The summed E-state index contributed by atoms with van der Waals surface area (Å²) in [6, 6.07) is 4.41. The number of allylic oxidation sites excluding steroid dienone is 5. The van der Waals surface area contributed by atoms with Gasteiger partial charge in [-0.25, -0.2) is 8.42 Å². The fourth-order valence-corrected chi connectivity index (χ4v) is 3.29. The minimum absolute atomic E-state index is 0.0923. The Hall–Kier alpha value is -2.54. The second-order valence-electron chi connectivity index (χ2n) is 7.08. The summed E-state index contributed by atoms with van der Waals surface area (Å²) in [5.74, 6) is 0.890. The van der Waals surface area contributed by atoms with Crippen molar-refractivity contribution >= 4 is 15.7 Å². The number of amides is 1. The van der Waals surface area contributed by atoms with E-state index in [1.165, 1.54) is 12.1 Å². The standard InChI is InChI=1S/C23H33NO5S/c1-7-9-10-12-19(5)28-16-11-15-24(8-2)23(25)21-17-20(30(6,26)27)13-14-22(21)29-18(3)4/h7,9-10,12-14,17-18H,1,8,11,15-16H2,2-6H3/b10-9-,19-12+. The molecule has 0 radical (unpaired) electrons. The SMILES string of the molecule is C=C/C=C\C=C(/C)OCCCN(CC)C(=O)c1cc(S(C)(=O)=O)ccc1OC(C)C. The Labute approximate surface area is 180 Å². The first-order valence-corrected chi connectivity index (χ1v) is 11.9. The normalized spacial score (nSPS) is 12.3. The quantitative estimate of drug-likeness (QED) is 0.277. The molecule has 166 valence electrons.